The first-order valence-electron chi connectivity index (χ1n) is 6.73. The zero-order chi connectivity index (χ0) is 16.4. The van der Waals surface area contributed by atoms with Crippen molar-refractivity contribution in [2.45, 2.75) is 6.16 Å². The number of aromatic nitrogens is 3. The normalized spacial score (nSPS) is 11.6. The molecule has 8 heteroatoms. The Morgan fingerprint density at radius 2 is 1.87 bits per heavy atom. The van der Waals surface area contributed by atoms with E-state index in [4.69, 9.17) is 21.4 Å². The molecule has 0 spiro atoms. The first kappa shape index (κ1) is 15.9. The largest absolute Gasteiger partial charge is 0.329 e. The van der Waals surface area contributed by atoms with Crippen LogP contribution in [0.25, 0.3) is 16.9 Å². The highest BCUT2D eigenvalue weighted by Gasteiger charge is 2.14. The van der Waals surface area contributed by atoms with Crippen molar-refractivity contribution in [3.63, 3.8) is 0 Å². The molecule has 0 saturated carbocycles. The molecule has 0 fully saturated rings. The second-order valence-corrected chi connectivity index (χ2v) is 7.13. The molecule has 0 aliphatic heterocycles. The van der Waals surface area contributed by atoms with Crippen molar-refractivity contribution in [3.05, 3.63) is 65.3 Å². The van der Waals surface area contributed by atoms with Gasteiger partial charge in [0.25, 0.3) is 0 Å². The molecule has 3 aromatic rings. The molecule has 0 bridgehead atoms. The van der Waals surface area contributed by atoms with E-state index in [-0.39, 0.29) is 6.16 Å². The van der Waals surface area contributed by atoms with Gasteiger partial charge in [-0.25, -0.2) is 4.68 Å². The van der Waals surface area contributed by atoms with Crippen molar-refractivity contribution in [1.82, 2.24) is 15.0 Å². The lowest BCUT2D eigenvalue weighted by Gasteiger charge is -2.06. The minimum absolute atomic E-state index is 0.306. The summed E-state index contributed by atoms with van der Waals surface area (Å²) in [6, 6.07) is 14.1. The molecule has 3 rings (SSSR count). The van der Waals surface area contributed by atoms with Crippen LogP contribution in [0.1, 0.15) is 5.56 Å². The van der Waals surface area contributed by atoms with E-state index >= 15 is 0 Å². The fraction of sp³-hybridized carbons (Fsp3) is 0.0667. The lowest BCUT2D eigenvalue weighted by molar-refractivity contribution is 0.371. The maximum absolute atomic E-state index is 11.1. The summed E-state index contributed by atoms with van der Waals surface area (Å²) >= 11 is 5.87. The van der Waals surface area contributed by atoms with Crippen LogP contribution in [0.5, 0.6) is 0 Å². The smallest absolute Gasteiger partial charge is 0.324 e. The monoisotopic (exact) mass is 349 g/mol. The number of halogens is 1. The second-order valence-electron chi connectivity index (χ2n) is 5.05. The van der Waals surface area contributed by atoms with E-state index in [9.17, 15) is 4.57 Å². The molecule has 2 N–H and O–H groups in total. The summed E-state index contributed by atoms with van der Waals surface area (Å²) < 4.78 is 12.7. The Bertz CT molecular complexity index is 874. The van der Waals surface area contributed by atoms with E-state index in [1.807, 2.05) is 12.1 Å². The van der Waals surface area contributed by atoms with Gasteiger partial charge in [0.2, 0.25) is 0 Å². The van der Waals surface area contributed by atoms with Gasteiger partial charge >= 0.3 is 7.60 Å². The molecule has 0 saturated heterocycles. The topological polar surface area (TPSA) is 88.2 Å². The predicted molar refractivity (Wildman–Crippen MR) is 87.6 cm³/mol. The molecule has 0 aliphatic rings. The van der Waals surface area contributed by atoms with Gasteiger partial charge in [0.15, 0.2) is 0 Å². The van der Waals surface area contributed by atoms with Gasteiger partial charge in [0, 0.05) is 10.6 Å². The lowest BCUT2D eigenvalue weighted by Crippen LogP contribution is -1.96. The van der Waals surface area contributed by atoms with E-state index in [1.165, 1.54) is 0 Å². The number of hydrogen-bond acceptors (Lipinski definition) is 3. The third-order valence-corrected chi connectivity index (χ3v) is 4.23. The molecule has 2 aromatic carbocycles. The van der Waals surface area contributed by atoms with Gasteiger partial charge in [0.05, 0.1) is 18.0 Å². The van der Waals surface area contributed by atoms with Gasteiger partial charge in [-0.05, 0) is 29.8 Å². The summed E-state index contributed by atoms with van der Waals surface area (Å²) in [6.07, 6.45) is 1.44. The Kier molecular flexibility index (Phi) is 4.33. The molecule has 6 nitrogen and oxygen atoms in total. The Hall–Kier alpha value is -1.98. The van der Waals surface area contributed by atoms with Crippen molar-refractivity contribution in [1.29, 1.82) is 0 Å². The van der Waals surface area contributed by atoms with E-state index in [1.54, 1.807) is 47.3 Å². The third kappa shape index (κ3) is 4.06. The van der Waals surface area contributed by atoms with E-state index in [2.05, 4.69) is 10.3 Å². The summed E-state index contributed by atoms with van der Waals surface area (Å²) in [4.78, 5) is 18.1. The SMILES string of the molecule is O=P(O)(O)Cc1cccc(-n2cc(-c3ccc(Cl)cc3)nn2)c1. The van der Waals surface area contributed by atoms with Crippen molar-refractivity contribution >= 4 is 19.2 Å². The van der Waals surface area contributed by atoms with E-state index < -0.39 is 7.60 Å². The van der Waals surface area contributed by atoms with Crippen LogP contribution in [0.3, 0.4) is 0 Å². The fourth-order valence-electron chi connectivity index (χ4n) is 2.18. The zero-order valence-corrected chi connectivity index (χ0v) is 13.5. The Morgan fingerprint density at radius 3 is 2.57 bits per heavy atom. The van der Waals surface area contributed by atoms with Crippen LogP contribution in [0, 0.1) is 0 Å². The molecule has 0 radical (unpaired) electrons. The summed E-state index contributed by atoms with van der Waals surface area (Å²) in [5, 5.41) is 8.82. The van der Waals surface area contributed by atoms with E-state index in [0.29, 0.717) is 22.0 Å². The van der Waals surface area contributed by atoms with Crippen molar-refractivity contribution in [2.24, 2.45) is 0 Å². The summed E-state index contributed by atoms with van der Waals surface area (Å²) in [5.41, 5.74) is 2.79. The zero-order valence-electron chi connectivity index (χ0n) is 11.9. The molecule has 0 amide bonds. The van der Waals surface area contributed by atoms with Crippen LogP contribution >= 0.6 is 19.2 Å². The first-order valence-corrected chi connectivity index (χ1v) is 8.90. The molecule has 1 aromatic heterocycles. The molecule has 118 valence electrons. The fourth-order valence-corrected chi connectivity index (χ4v) is 2.98. The van der Waals surface area contributed by atoms with Crippen LogP contribution in [-0.4, -0.2) is 24.8 Å². The minimum Gasteiger partial charge on any atom is -0.324 e. The van der Waals surface area contributed by atoms with Crippen LogP contribution in [0.4, 0.5) is 0 Å². The van der Waals surface area contributed by atoms with Crippen LogP contribution in [0.15, 0.2) is 54.7 Å². The standard InChI is InChI=1S/C15H13ClN3O3P/c16-13-6-4-12(5-7-13)15-9-19(18-17-15)14-3-1-2-11(8-14)10-23(20,21)22/h1-9H,10H2,(H2,20,21,22). The molecule has 1 heterocycles. The van der Waals surface area contributed by atoms with Crippen molar-refractivity contribution < 1.29 is 14.4 Å². The maximum Gasteiger partial charge on any atom is 0.329 e. The van der Waals surface area contributed by atoms with E-state index in [0.717, 1.165) is 5.56 Å². The number of nitrogens with zero attached hydrogens (tertiary/aromatic N) is 3. The average Bonchev–Trinajstić information content (AvgIpc) is 2.96. The molecular formula is C15H13ClN3O3P. The van der Waals surface area contributed by atoms with Crippen LogP contribution in [0.2, 0.25) is 5.02 Å². The Morgan fingerprint density at radius 1 is 1.13 bits per heavy atom. The molecule has 0 unspecified atom stereocenters. The highest BCUT2D eigenvalue weighted by molar-refractivity contribution is 7.50. The minimum atomic E-state index is -4.10. The lowest BCUT2D eigenvalue weighted by atomic mass is 10.2. The van der Waals surface area contributed by atoms with Crippen molar-refractivity contribution in [3.8, 4) is 16.9 Å². The van der Waals surface area contributed by atoms with Crippen molar-refractivity contribution in [2.75, 3.05) is 0 Å². The van der Waals surface area contributed by atoms with Gasteiger partial charge < -0.3 is 9.79 Å². The van der Waals surface area contributed by atoms with Crippen LogP contribution < -0.4 is 0 Å². The summed E-state index contributed by atoms with van der Waals surface area (Å²) in [7, 11) is -4.10. The van der Waals surface area contributed by atoms with Gasteiger partial charge in [-0.3, -0.25) is 4.57 Å². The van der Waals surface area contributed by atoms with Gasteiger partial charge in [-0.15, -0.1) is 5.10 Å². The average molecular weight is 350 g/mol. The summed E-state index contributed by atoms with van der Waals surface area (Å²) in [6.45, 7) is 0. The predicted octanol–water partition coefficient (Wildman–Crippen LogP) is 3.27. The quantitative estimate of drug-likeness (QED) is 0.706. The highest BCUT2D eigenvalue weighted by Crippen LogP contribution is 2.39. The van der Waals surface area contributed by atoms with Crippen LogP contribution in [-0.2, 0) is 10.7 Å². The molecular weight excluding hydrogens is 337 g/mol. The second kappa shape index (κ2) is 6.26. The molecule has 23 heavy (non-hydrogen) atoms. The van der Waals surface area contributed by atoms with Gasteiger partial charge in [0.1, 0.15) is 5.69 Å². The maximum atomic E-state index is 11.1. The highest BCUT2D eigenvalue weighted by atomic mass is 35.5. The third-order valence-electron chi connectivity index (χ3n) is 3.20. The van der Waals surface area contributed by atoms with Gasteiger partial charge in [-0.1, -0.05) is 41.1 Å². The van der Waals surface area contributed by atoms with Gasteiger partial charge in [-0.2, -0.15) is 0 Å². The Balaban J connectivity index is 1.90. The molecule has 0 aliphatic carbocycles. The Labute approximate surface area is 137 Å². The first-order chi connectivity index (χ1) is 10.9. The summed E-state index contributed by atoms with van der Waals surface area (Å²) in [5.74, 6) is 0. The number of rotatable bonds is 4. The molecule has 0 atom stereocenters. The number of benzene rings is 2. The number of hydrogen-bond donors (Lipinski definition) is 2.